The SMILES string of the molecule is COc1ccccc1CNC(=O)c1cc2c(=O)oc3ccccc3c2n1C. The minimum absolute atomic E-state index is 0.275. The summed E-state index contributed by atoms with van der Waals surface area (Å²) in [7, 11) is 3.36. The highest BCUT2D eigenvalue weighted by Crippen LogP contribution is 2.25. The van der Waals surface area contributed by atoms with Gasteiger partial charge in [-0.3, -0.25) is 4.79 Å². The average molecular weight is 362 g/mol. The molecule has 0 aliphatic rings. The fourth-order valence-corrected chi connectivity index (χ4v) is 3.32. The van der Waals surface area contributed by atoms with Gasteiger partial charge in [0.25, 0.3) is 5.91 Å². The van der Waals surface area contributed by atoms with Crippen molar-refractivity contribution in [1.82, 2.24) is 9.88 Å². The molecule has 27 heavy (non-hydrogen) atoms. The molecule has 136 valence electrons. The number of benzene rings is 2. The molecule has 0 saturated heterocycles. The van der Waals surface area contributed by atoms with Crippen LogP contribution in [0.25, 0.3) is 21.9 Å². The van der Waals surface area contributed by atoms with E-state index in [1.165, 1.54) is 0 Å². The number of hydrogen-bond donors (Lipinski definition) is 1. The number of rotatable bonds is 4. The molecule has 4 rings (SSSR count). The summed E-state index contributed by atoms with van der Waals surface area (Å²) < 4.78 is 12.4. The van der Waals surface area contributed by atoms with Gasteiger partial charge >= 0.3 is 5.63 Å². The lowest BCUT2D eigenvalue weighted by Crippen LogP contribution is -2.25. The topological polar surface area (TPSA) is 73.5 Å². The quantitative estimate of drug-likeness (QED) is 0.566. The molecule has 1 N–H and O–H groups in total. The van der Waals surface area contributed by atoms with Gasteiger partial charge in [0.15, 0.2) is 0 Å². The van der Waals surface area contributed by atoms with Crippen LogP contribution in [0.4, 0.5) is 0 Å². The number of amides is 1. The Morgan fingerprint density at radius 1 is 1.11 bits per heavy atom. The Kier molecular flexibility index (Phi) is 4.16. The summed E-state index contributed by atoms with van der Waals surface area (Å²) in [5.41, 5.74) is 1.99. The maximum atomic E-state index is 12.8. The largest absolute Gasteiger partial charge is 0.496 e. The monoisotopic (exact) mass is 362 g/mol. The van der Waals surface area contributed by atoms with Crippen LogP contribution in [0.3, 0.4) is 0 Å². The van der Waals surface area contributed by atoms with Crippen molar-refractivity contribution in [3.05, 3.63) is 76.3 Å². The first-order valence-electron chi connectivity index (χ1n) is 8.51. The van der Waals surface area contributed by atoms with Gasteiger partial charge in [0.2, 0.25) is 0 Å². The summed E-state index contributed by atoms with van der Waals surface area (Å²) in [5.74, 6) is 0.435. The van der Waals surface area contributed by atoms with Crippen molar-refractivity contribution in [2.45, 2.75) is 6.54 Å². The van der Waals surface area contributed by atoms with Gasteiger partial charge in [0.05, 0.1) is 18.0 Å². The van der Waals surface area contributed by atoms with Crippen molar-refractivity contribution in [2.24, 2.45) is 7.05 Å². The smallest absolute Gasteiger partial charge is 0.345 e. The van der Waals surface area contributed by atoms with E-state index in [1.807, 2.05) is 36.4 Å². The van der Waals surface area contributed by atoms with E-state index < -0.39 is 5.63 Å². The van der Waals surface area contributed by atoms with Crippen molar-refractivity contribution in [2.75, 3.05) is 7.11 Å². The van der Waals surface area contributed by atoms with E-state index in [4.69, 9.17) is 9.15 Å². The molecule has 4 aromatic rings. The van der Waals surface area contributed by atoms with Gasteiger partial charge in [0, 0.05) is 24.5 Å². The molecule has 0 fully saturated rings. The molecule has 0 aliphatic carbocycles. The number of ether oxygens (including phenoxy) is 1. The summed E-state index contributed by atoms with van der Waals surface area (Å²) in [6.45, 7) is 0.319. The number of carbonyl (C=O) groups excluding carboxylic acids is 1. The lowest BCUT2D eigenvalue weighted by atomic mass is 10.2. The minimum atomic E-state index is -0.455. The van der Waals surface area contributed by atoms with Gasteiger partial charge in [0.1, 0.15) is 17.0 Å². The molecule has 2 heterocycles. The third-order valence-corrected chi connectivity index (χ3v) is 4.66. The maximum absolute atomic E-state index is 12.8. The van der Waals surface area contributed by atoms with E-state index in [-0.39, 0.29) is 5.91 Å². The van der Waals surface area contributed by atoms with Gasteiger partial charge in [-0.1, -0.05) is 30.3 Å². The zero-order valence-electron chi connectivity index (χ0n) is 15.0. The van der Waals surface area contributed by atoms with Crippen molar-refractivity contribution < 1.29 is 13.9 Å². The van der Waals surface area contributed by atoms with Crippen molar-refractivity contribution >= 4 is 27.8 Å². The Morgan fingerprint density at radius 3 is 2.67 bits per heavy atom. The molecule has 2 aromatic heterocycles. The summed E-state index contributed by atoms with van der Waals surface area (Å²) >= 11 is 0. The number of carbonyl (C=O) groups is 1. The van der Waals surface area contributed by atoms with Gasteiger partial charge in [-0.05, 0) is 24.3 Å². The highest BCUT2D eigenvalue weighted by molar-refractivity contribution is 6.07. The zero-order chi connectivity index (χ0) is 19.0. The second-order valence-corrected chi connectivity index (χ2v) is 6.23. The van der Waals surface area contributed by atoms with Crippen molar-refractivity contribution in [1.29, 1.82) is 0 Å². The van der Waals surface area contributed by atoms with E-state index in [0.29, 0.717) is 34.5 Å². The third kappa shape index (κ3) is 2.85. The fraction of sp³-hybridized carbons (Fsp3) is 0.143. The molecular formula is C21H18N2O4. The van der Waals surface area contributed by atoms with Crippen molar-refractivity contribution in [3.8, 4) is 5.75 Å². The zero-order valence-corrected chi connectivity index (χ0v) is 15.0. The van der Waals surface area contributed by atoms with E-state index in [9.17, 15) is 9.59 Å². The van der Waals surface area contributed by atoms with Crippen molar-refractivity contribution in [3.63, 3.8) is 0 Å². The Morgan fingerprint density at radius 2 is 1.85 bits per heavy atom. The van der Waals surface area contributed by atoms with E-state index >= 15 is 0 Å². The molecular weight excluding hydrogens is 344 g/mol. The van der Waals surface area contributed by atoms with Crippen LogP contribution in [-0.4, -0.2) is 17.6 Å². The average Bonchev–Trinajstić information content (AvgIpc) is 3.05. The van der Waals surface area contributed by atoms with E-state index in [1.54, 1.807) is 36.9 Å². The highest BCUT2D eigenvalue weighted by atomic mass is 16.5. The number of nitrogens with one attached hydrogen (secondary N) is 1. The number of aryl methyl sites for hydroxylation is 1. The predicted octanol–water partition coefficient (Wildman–Crippen LogP) is 3.22. The first-order valence-corrected chi connectivity index (χ1v) is 8.51. The summed E-state index contributed by atoms with van der Waals surface area (Å²) in [6, 6.07) is 16.4. The molecule has 0 aliphatic heterocycles. The Hall–Kier alpha value is -3.54. The second kappa shape index (κ2) is 6.64. The molecule has 0 unspecified atom stereocenters. The number of methoxy groups -OCH3 is 1. The summed E-state index contributed by atoms with van der Waals surface area (Å²) in [6.07, 6.45) is 0. The molecule has 0 saturated carbocycles. The van der Waals surface area contributed by atoms with Crippen LogP contribution in [0.15, 0.2) is 63.8 Å². The lowest BCUT2D eigenvalue weighted by molar-refractivity contribution is 0.0943. The van der Waals surface area contributed by atoms with Crippen LogP contribution < -0.4 is 15.7 Å². The minimum Gasteiger partial charge on any atom is -0.496 e. The molecule has 0 atom stereocenters. The third-order valence-electron chi connectivity index (χ3n) is 4.66. The molecule has 0 radical (unpaired) electrons. The van der Waals surface area contributed by atoms with Crippen LogP contribution in [0.5, 0.6) is 5.75 Å². The molecule has 6 nitrogen and oxygen atoms in total. The van der Waals surface area contributed by atoms with Crippen LogP contribution in [0.2, 0.25) is 0 Å². The molecule has 2 aromatic carbocycles. The number of fused-ring (bicyclic) bond motifs is 3. The molecule has 0 spiro atoms. The summed E-state index contributed by atoms with van der Waals surface area (Å²) in [5, 5.41) is 4.06. The van der Waals surface area contributed by atoms with Crippen LogP contribution in [0.1, 0.15) is 16.1 Å². The predicted molar refractivity (Wildman–Crippen MR) is 103 cm³/mol. The van der Waals surface area contributed by atoms with Gasteiger partial charge in [-0.15, -0.1) is 0 Å². The first-order chi connectivity index (χ1) is 13.1. The fourth-order valence-electron chi connectivity index (χ4n) is 3.32. The number of para-hydroxylation sites is 2. The molecule has 0 bridgehead atoms. The van der Waals surface area contributed by atoms with Crippen LogP contribution in [-0.2, 0) is 13.6 Å². The normalized spacial score (nSPS) is 11.0. The van der Waals surface area contributed by atoms with Gasteiger partial charge in [-0.2, -0.15) is 0 Å². The Balaban J connectivity index is 1.72. The Labute approximate surface area is 155 Å². The molecule has 1 amide bonds. The first kappa shape index (κ1) is 16.9. The number of nitrogens with zero attached hydrogens (tertiary/aromatic N) is 1. The number of aromatic nitrogens is 1. The van der Waals surface area contributed by atoms with Gasteiger partial charge in [-0.25, -0.2) is 4.79 Å². The van der Waals surface area contributed by atoms with Gasteiger partial charge < -0.3 is 19.0 Å². The maximum Gasteiger partial charge on any atom is 0.345 e. The summed E-state index contributed by atoms with van der Waals surface area (Å²) in [4.78, 5) is 25.1. The molecule has 6 heteroatoms. The van der Waals surface area contributed by atoms with E-state index in [0.717, 1.165) is 10.9 Å². The Bertz CT molecular complexity index is 1220. The van der Waals surface area contributed by atoms with E-state index in [2.05, 4.69) is 5.32 Å². The van der Waals surface area contributed by atoms with Crippen LogP contribution >= 0.6 is 0 Å². The number of hydrogen-bond acceptors (Lipinski definition) is 4. The lowest BCUT2D eigenvalue weighted by Gasteiger charge is -2.10. The van der Waals surface area contributed by atoms with Crippen LogP contribution in [0, 0.1) is 0 Å². The highest BCUT2D eigenvalue weighted by Gasteiger charge is 2.18. The second-order valence-electron chi connectivity index (χ2n) is 6.23. The standard InChI is InChI=1S/C21H18N2O4/c1-23-16(20(24)22-12-13-7-3-5-9-17(13)26-2)11-15-19(23)14-8-4-6-10-18(14)27-21(15)25/h3-11H,12H2,1-2H3,(H,22,24).